The van der Waals surface area contributed by atoms with E-state index in [4.69, 9.17) is 5.73 Å². The second-order valence-electron chi connectivity index (χ2n) is 5.32. The van der Waals surface area contributed by atoms with E-state index in [0.717, 1.165) is 4.90 Å². The Morgan fingerprint density at radius 1 is 1.59 bits per heavy atom. The minimum Gasteiger partial charge on any atom is -0.477 e. The normalized spacial score (nSPS) is 22.0. The smallest absolute Gasteiger partial charge is 0.352 e. The SMILES string of the molecule is C=CC1=C(C(=O)O)N2C(=O)C(NC(=O)/C(=N\OC)c3noc(N)n3)[C@H]2SC1. The van der Waals surface area contributed by atoms with Gasteiger partial charge >= 0.3 is 12.0 Å². The van der Waals surface area contributed by atoms with Crippen molar-refractivity contribution in [3.8, 4) is 0 Å². The van der Waals surface area contributed by atoms with E-state index in [1.807, 2.05) is 0 Å². The fourth-order valence-electron chi connectivity index (χ4n) is 2.62. The number of amides is 2. The number of fused-ring (bicyclic) bond motifs is 1. The van der Waals surface area contributed by atoms with Gasteiger partial charge in [0.05, 0.1) is 0 Å². The van der Waals surface area contributed by atoms with Crippen LogP contribution in [-0.2, 0) is 19.2 Å². The molecular formula is C14H14N6O6S. The van der Waals surface area contributed by atoms with Crippen molar-refractivity contribution in [2.45, 2.75) is 11.4 Å². The number of aromatic nitrogens is 2. The summed E-state index contributed by atoms with van der Waals surface area (Å²) in [7, 11) is 1.21. The van der Waals surface area contributed by atoms with E-state index in [0.29, 0.717) is 11.3 Å². The molecule has 1 fully saturated rings. The average molecular weight is 394 g/mol. The molecule has 2 amide bonds. The molecule has 0 aliphatic carbocycles. The molecule has 0 spiro atoms. The van der Waals surface area contributed by atoms with Gasteiger partial charge in [0.1, 0.15) is 24.2 Å². The van der Waals surface area contributed by atoms with E-state index in [2.05, 4.69) is 36.6 Å². The predicted octanol–water partition coefficient (Wildman–Crippen LogP) is -1.07. The monoisotopic (exact) mass is 394 g/mol. The molecule has 4 N–H and O–H groups in total. The van der Waals surface area contributed by atoms with Gasteiger partial charge in [0.2, 0.25) is 11.5 Å². The number of allylic oxidation sites excluding steroid dienone is 1. The van der Waals surface area contributed by atoms with E-state index in [1.54, 1.807) is 0 Å². The largest absolute Gasteiger partial charge is 0.477 e. The number of aliphatic carboxylic acids is 1. The summed E-state index contributed by atoms with van der Waals surface area (Å²) in [4.78, 5) is 45.9. The molecule has 0 aromatic carbocycles. The van der Waals surface area contributed by atoms with Crippen molar-refractivity contribution >= 4 is 41.3 Å². The number of anilines is 1. The van der Waals surface area contributed by atoms with E-state index in [1.165, 1.54) is 24.9 Å². The number of carboxylic acids is 1. The maximum Gasteiger partial charge on any atom is 0.352 e. The Labute approximate surface area is 156 Å². The van der Waals surface area contributed by atoms with Crippen LogP contribution in [0.15, 0.2) is 33.6 Å². The number of rotatable bonds is 6. The molecule has 0 saturated carbocycles. The molecule has 0 bridgehead atoms. The van der Waals surface area contributed by atoms with Gasteiger partial charge in [0.25, 0.3) is 11.8 Å². The Morgan fingerprint density at radius 3 is 2.89 bits per heavy atom. The molecule has 1 aromatic heterocycles. The van der Waals surface area contributed by atoms with Crippen molar-refractivity contribution < 1.29 is 28.9 Å². The molecule has 2 atom stereocenters. The topological polar surface area (TPSA) is 173 Å². The quantitative estimate of drug-likeness (QED) is 0.306. The summed E-state index contributed by atoms with van der Waals surface area (Å²) in [6.45, 7) is 3.57. The number of nitrogens with two attached hydrogens (primary N) is 1. The lowest BCUT2D eigenvalue weighted by molar-refractivity contribution is -0.150. The Kier molecular flexibility index (Phi) is 4.85. The van der Waals surface area contributed by atoms with E-state index in [-0.39, 0.29) is 23.2 Å². The molecule has 0 radical (unpaired) electrons. The first-order chi connectivity index (χ1) is 12.9. The van der Waals surface area contributed by atoms with Crippen LogP contribution in [0.5, 0.6) is 0 Å². The zero-order valence-corrected chi connectivity index (χ0v) is 14.7. The predicted molar refractivity (Wildman–Crippen MR) is 92.1 cm³/mol. The number of carboxylic acid groups (broad SMARTS) is 1. The van der Waals surface area contributed by atoms with Crippen LogP contribution >= 0.6 is 11.8 Å². The summed E-state index contributed by atoms with van der Waals surface area (Å²) < 4.78 is 4.60. The van der Waals surface area contributed by atoms with Crippen LogP contribution in [-0.4, -0.2) is 67.9 Å². The summed E-state index contributed by atoms with van der Waals surface area (Å²) in [5.74, 6) is -2.48. The Hall–Kier alpha value is -3.35. The second-order valence-corrected chi connectivity index (χ2v) is 6.43. The average Bonchev–Trinajstić information content (AvgIpc) is 3.08. The second kappa shape index (κ2) is 7.11. The molecular weight excluding hydrogens is 380 g/mol. The number of nitrogens with zero attached hydrogens (tertiary/aromatic N) is 4. The lowest BCUT2D eigenvalue weighted by Crippen LogP contribution is -2.71. The first-order valence-corrected chi connectivity index (χ1v) is 8.49. The highest BCUT2D eigenvalue weighted by atomic mass is 32.2. The number of nitrogens with one attached hydrogen (secondary N) is 1. The first kappa shape index (κ1) is 18.4. The Balaban J connectivity index is 1.80. The van der Waals surface area contributed by atoms with Crippen LogP contribution in [0.2, 0.25) is 0 Å². The van der Waals surface area contributed by atoms with E-state index in [9.17, 15) is 19.5 Å². The third-order valence-corrected chi connectivity index (χ3v) is 5.09. The van der Waals surface area contributed by atoms with Crippen LogP contribution in [0.4, 0.5) is 6.01 Å². The third kappa shape index (κ3) is 3.12. The number of carbonyl (C=O) groups excluding carboxylic acids is 2. The molecule has 3 rings (SSSR count). The number of thioether (sulfide) groups is 1. The van der Waals surface area contributed by atoms with Crippen molar-refractivity contribution in [2.75, 3.05) is 18.6 Å². The molecule has 2 aliphatic heterocycles. The summed E-state index contributed by atoms with van der Waals surface area (Å²) in [6.07, 6.45) is 1.40. The lowest BCUT2D eigenvalue weighted by Gasteiger charge is -2.49. The van der Waals surface area contributed by atoms with Crippen LogP contribution in [0.1, 0.15) is 5.82 Å². The molecule has 1 unspecified atom stereocenters. The molecule has 1 saturated heterocycles. The lowest BCUT2D eigenvalue weighted by atomic mass is 10.0. The van der Waals surface area contributed by atoms with Crippen LogP contribution < -0.4 is 11.1 Å². The Morgan fingerprint density at radius 2 is 2.33 bits per heavy atom. The fraction of sp³-hybridized carbons (Fsp3) is 0.286. The molecule has 3 heterocycles. The zero-order valence-electron chi connectivity index (χ0n) is 13.9. The minimum atomic E-state index is -1.24. The minimum absolute atomic E-state index is 0.138. The highest BCUT2D eigenvalue weighted by molar-refractivity contribution is 8.00. The van der Waals surface area contributed by atoms with Crippen LogP contribution in [0, 0.1) is 0 Å². The van der Waals surface area contributed by atoms with Gasteiger partial charge in [-0.3, -0.25) is 14.5 Å². The number of nitrogen functional groups attached to an aromatic ring is 1. The maximum atomic E-state index is 12.5. The number of carbonyl (C=O) groups is 3. The molecule has 27 heavy (non-hydrogen) atoms. The number of hydrogen-bond donors (Lipinski definition) is 3. The third-order valence-electron chi connectivity index (χ3n) is 3.78. The van der Waals surface area contributed by atoms with Gasteiger partial charge in [-0.05, 0) is 5.57 Å². The highest BCUT2D eigenvalue weighted by Crippen LogP contribution is 2.40. The van der Waals surface area contributed by atoms with Crippen molar-refractivity contribution in [1.29, 1.82) is 0 Å². The van der Waals surface area contributed by atoms with Crippen LogP contribution in [0.3, 0.4) is 0 Å². The maximum absolute atomic E-state index is 12.5. The van der Waals surface area contributed by atoms with Gasteiger partial charge in [0.15, 0.2) is 0 Å². The standard InChI is InChI=1S/C14H14N6O6S/c1-3-5-4-27-12-7(11(22)20(12)8(5)13(23)24)16-10(21)6(18-25-2)9-17-14(15)26-19-9/h3,7,12H,1,4H2,2H3,(H,16,21)(H,23,24)(H2,15,17,19)/b18-6-/t7?,12-/m1/s1. The summed E-state index contributed by atoms with van der Waals surface area (Å²) in [5, 5.41) is 18.3. The molecule has 142 valence electrons. The van der Waals surface area contributed by atoms with Crippen molar-refractivity contribution in [3.63, 3.8) is 0 Å². The summed E-state index contributed by atoms with van der Waals surface area (Å²) in [5.41, 5.74) is 5.29. The number of β-lactam (4-membered cyclic amide) rings is 1. The number of oxime groups is 1. The van der Waals surface area contributed by atoms with Gasteiger partial charge in [-0.1, -0.05) is 23.0 Å². The molecule has 13 heteroatoms. The van der Waals surface area contributed by atoms with Crippen LogP contribution in [0.25, 0.3) is 0 Å². The summed E-state index contributed by atoms with van der Waals surface area (Å²) >= 11 is 1.30. The van der Waals surface area contributed by atoms with Gasteiger partial charge in [-0.2, -0.15) is 4.98 Å². The van der Waals surface area contributed by atoms with E-state index < -0.39 is 29.2 Å². The van der Waals surface area contributed by atoms with Crippen molar-refractivity contribution in [2.24, 2.45) is 5.16 Å². The van der Waals surface area contributed by atoms with Gasteiger partial charge in [-0.15, -0.1) is 11.8 Å². The van der Waals surface area contributed by atoms with Gasteiger partial charge < -0.3 is 25.5 Å². The number of hydrogen-bond acceptors (Lipinski definition) is 10. The molecule has 12 nitrogen and oxygen atoms in total. The molecule has 2 aliphatic rings. The summed E-state index contributed by atoms with van der Waals surface area (Å²) in [6, 6.07) is -1.22. The molecule has 1 aromatic rings. The fourth-order valence-corrected chi connectivity index (χ4v) is 3.96. The van der Waals surface area contributed by atoms with Gasteiger partial charge in [-0.25, -0.2) is 4.79 Å². The first-order valence-electron chi connectivity index (χ1n) is 7.44. The van der Waals surface area contributed by atoms with Crippen molar-refractivity contribution in [1.82, 2.24) is 20.4 Å². The highest BCUT2D eigenvalue weighted by Gasteiger charge is 2.54. The Bertz CT molecular complexity index is 892. The van der Waals surface area contributed by atoms with Gasteiger partial charge in [0, 0.05) is 5.75 Å². The zero-order chi connectivity index (χ0) is 19.7. The van der Waals surface area contributed by atoms with E-state index >= 15 is 0 Å². The van der Waals surface area contributed by atoms with Crippen molar-refractivity contribution in [3.05, 3.63) is 29.7 Å².